The SMILES string of the molecule is CN(C)C1=CCC(=[N+]=[N-])C=C1Cl.[Cl-].[Cl-].[Zn+2]. The molecule has 0 aromatic rings. The molecule has 1 rings (SSSR count). The van der Waals surface area contributed by atoms with E-state index in [1.54, 1.807) is 6.08 Å². The van der Waals surface area contributed by atoms with E-state index in [2.05, 4.69) is 4.79 Å². The summed E-state index contributed by atoms with van der Waals surface area (Å²) >= 11 is 5.91. The first-order valence-electron chi connectivity index (χ1n) is 3.61. The molecule has 0 saturated carbocycles. The predicted molar refractivity (Wildman–Crippen MR) is 48.9 cm³/mol. The van der Waals surface area contributed by atoms with Crippen molar-refractivity contribution in [3.05, 3.63) is 28.4 Å². The smallest absolute Gasteiger partial charge is 1.00 e. The van der Waals surface area contributed by atoms with Gasteiger partial charge in [0.1, 0.15) is 0 Å². The van der Waals surface area contributed by atoms with Gasteiger partial charge in [0, 0.05) is 20.2 Å². The molecule has 0 unspecified atom stereocenters. The number of rotatable bonds is 1. The fourth-order valence-corrected chi connectivity index (χ4v) is 1.42. The summed E-state index contributed by atoms with van der Waals surface area (Å²) in [5, 5.41) is 0.610. The van der Waals surface area contributed by atoms with Crippen molar-refractivity contribution >= 4 is 17.3 Å². The predicted octanol–water partition coefficient (Wildman–Crippen LogP) is -4.37. The molecule has 1 aliphatic carbocycles. The maximum atomic E-state index is 8.48. The Morgan fingerprint density at radius 1 is 1.40 bits per heavy atom. The Labute approximate surface area is 120 Å². The van der Waals surface area contributed by atoms with Gasteiger partial charge in [0.15, 0.2) is 0 Å². The van der Waals surface area contributed by atoms with Crippen LogP contribution in [0, 0.1) is 0 Å². The van der Waals surface area contributed by atoms with Gasteiger partial charge < -0.3 is 35.2 Å². The van der Waals surface area contributed by atoms with Gasteiger partial charge in [0.25, 0.3) is 5.71 Å². The first kappa shape index (κ1) is 20.6. The van der Waals surface area contributed by atoms with Gasteiger partial charge in [-0.15, -0.1) is 0 Å². The number of halogens is 3. The summed E-state index contributed by atoms with van der Waals surface area (Å²) in [7, 11) is 3.84. The molecule has 0 saturated heterocycles. The molecule has 0 fully saturated rings. The molecule has 0 aromatic carbocycles. The number of hydrogen-bond acceptors (Lipinski definition) is 1. The van der Waals surface area contributed by atoms with E-state index in [0.29, 0.717) is 17.2 Å². The van der Waals surface area contributed by atoms with E-state index in [0.717, 1.165) is 5.70 Å². The number of likely N-dealkylation sites (N-methyl/N-ethyl adjacent to an activating group) is 1. The van der Waals surface area contributed by atoms with Crippen molar-refractivity contribution < 1.29 is 49.1 Å². The van der Waals surface area contributed by atoms with Crippen LogP contribution in [0.4, 0.5) is 0 Å². The van der Waals surface area contributed by atoms with Crippen molar-refractivity contribution in [2.75, 3.05) is 14.1 Å². The third-order valence-corrected chi connectivity index (χ3v) is 1.96. The van der Waals surface area contributed by atoms with Gasteiger partial charge in [-0.05, 0) is 6.08 Å². The molecule has 0 aromatic heterocycles. The average molecular weight is 320 g/mol. The Balaban J connectivity index is -0.000000480. The van der Waals surface area contributed by atoms with Gasteiger partial charge in [0.05, 0.1) is 17.2 Å². The molecular formula is C8H10Cl3N3Zn. The Hall–Kier alpha value is 0.153. The van der Waals surface area contributed by atoms with Crippen LogP contribution in [-0.2, 0) is 19.5 Å². The van der Waals surface area contributed by atoms with Gasteiger partial charge in [-0.2, -0.15) is 4.79 Å². The second-order valence-electron chi connectivity index (χ2n) is 2.77. The van der Waals surface area contributed by atoms with Crippen molar-refractivity contribution in [1.29, 1.82) is 0 Å². The van der Waals surface area contributed by atoms with E-state index in [1.807, 2.05) is 25.1 Å². The molecule has 0 heterocycles. The molecule has 80 valence electrons. The molecule has 0 spiro atoms. The van der Waals surface area contributed by atoms with E-state index in [-0.39, 0.29) is 44.3 Å². The summed E-state index contributed by atoms with van der Waals surface area (Å²) in [4.78, 5) is 5.01. The Kier molecular flexibility index (Phi) is 12.9. The van der Waals surface area contributed by atoms with Crippen molar-refractivity contribution in [2.45, 2.75) is 6.42 Å². The van der Waals surface area contributed by atoms with Gasteiger partial charge in [-0.3, -0.25) is 0 Å². The van der Waals surface area contributed by atoms with Crippen LogP contribution in [0.5, 0.6) is 0 Å². The monoisotopic (exact) mass is 317 g/mol. The minimum atomic E-state index is 0. The van der Waals surface area contributed by atoms with E-state index in [9.17, 15) is 0 Å². The molecule has 3 nitrogen and oxygen atoms in total. The normalized spacial score (nSPS) is 13.1. The van der Waals surface area contributed by atoms with E-state index < -0.39 is 0 Å². The van der Waals surface area contributed by atoms with Crippen LogP contribution in [0.1, 0.15) is 6.42 Å². The summed E-state index contributed by atoms with van der Waals surface area (Å²) in [5.74, 6) is 0. The minimum absolute atomic E-state index is 0. The fourth-order valence-electron chi connectivity index (χ4n) is 1.04. The van der Waals surface area contributed by atoms with E-state index in [4.69, 9.17) is 17.1 Å². The summed E-state index contributed by atoms with van der Waals surface area (Å²) < 4.78 is 0. The average Bonchev–Trinajstić information content (AvgIpc) is 2.03. The quantitative estimate of drug-likeness (QED) is 0.273. The Morgan fingerprint density at radius 3 is 2.27 bits per heavy atom. The van der Waals surface area contributed by atoms with E-state index in [1.165, 1.54) is 0 Å². The molecule has 0 N–H and O–H groups in total. The van der Waals surface area contributed by atoms with Crippen molar-refractivity contribution in [2.24, 2.45) is 0 Å². The minimum Gasteiger partial charge on any atom is -1.00 e. The summed E-state index contributed by atoms with van der Waals surface area (Å²) in [6, 6.07) is 0. The maximum absolute atomic E-state index is 8.48. The third-order valence-electron chi connectivity index (χ3n) is 1.65. The zero-order valence-electron chi connectivity index (χ0n) is 8.54. The summed E-state index contributed by atoms with van der Waals surface area (Å²) in [5.41, 5.74) is 10.0. The maximum Gasteiger partial charge on any atom is 2.00 e. The van der Waals surface area contributed by atoms with Crippen molar-refractivity contribution in [1.82, 2.24) is 4.90 Å². The Bertz CT molecular complexity index is 306. The van der Waals surface area contributed by atoms with Crippen LogP contribution in [0.2, 0.25) is 0 Å². The van der Waals surface area contributed by atoms with Gasteiger partial charge in [-0.25, -0.2) is 0 Å². The molecule has 0 amide bonds. The summed E-state index contributed by atoms with van der Waals surface area (Å²) in [6.45, 7) is 0. The van der Waals surface area contributed by atoms with Gasteiger partial charge in [-0.1, -0.05) is 11.6 Å². The standard InChI is InChI=1S/C8H10ClN3.2ClH.Zn/c1-12(2)8-4-3-6(11-10)5-7(8)9;;;/h4-5H,3H2,1-2H3;2*1H;/q;;;+2/p-2. The molecule has 0 atom stereocenters. The molecule has 1 aliphatic rings. The molecule has 0 radical (unpaired) electrons. The third kappa shape index (κ3) is 5.70. The molecule has 7 heteroatoms. The topological polar surface area (TPSA) is 39.6 Å². The van der Waals surface area contributed by atoms with Crippen molar-refractivity contribution in [3.63, 3.8) is 0 Å². The van der Waals surface area contributed by atoms with Crippen LogP contribution in [0.3, 0.4) is 0 Å². The summed E-state index contributed by atoms with van der Waals surface area (Å²) in [6.07, 6.45) is 4.22. The Morgan fingerprint density at radius 2 is 1.93 bits per heavy atom. The van der Waals surface area contributed by atoms with Gasteiger partial charge in [0.2, 0.25) is 0 Å². The van der Waals surface area contributed by atoms with Crippen LogP contribution in [0.25, 0.3) is 5.53 Å². The second-order valence-corrected chi connectivity index (χ2v) is 3.18. The van der Waals surface area contributed by atoms with Crippen LogP contribution >= 0.6 is 11.6 Å². The largest absolute Gasteiger partial charge is 2.00 e. The number of hydrogen-bond donors (Lipinski definition) is 0. The molecule has 0 aliphatic heterocycles. The first-order valence-corrected chi connectivity index (χ1v) is 3.99. The number of nitrogens with zero attached hydrogens (tertiary/aromatic N) is 3. The second kappa shape index (κ2) is 9.38. The zero-order valence-corrected chi connectivity index (χ0v) is 13.8. The zero-order chi connectivity index (χ0) is 9.14. The number of allylic oxidation sites excluding steroid dienone is 3. The molecular weight excluding hydrogens is 310 g/mol. The molecule has 0 bridgehead atoms. The fraction of sp³-hybridized carbons (Fsp3) is 0.375. The van der Waals surface area contributed by atoms with Crippen LogP contribution in [0.15, 0.2) is 22.9 Å². The van der Waals surface area contributed by atoms with Crippen LogP contribution in [-0.4, -0.2) is 29.5 Å². The van der Waals surface area contributed by atoms with Crippen molar-refractivity contribution in [3.8, 4) is 0 Å². The van der Waals surface area contributed by atoms with E-state index >= 15 is 0 Å². The first-order chi connectivity index (χ1) is 5.65. The molecule has 15 heavy (non-hydrogen) atoms. The van der Waals surface area contributed by atoms with Crippen LogP contribution < -0.4 is 24.8 Å². The van der Waals surface area contributed by atoms with Gasteiger partial charge >= 0.3 is 19.5 Å².